The quantitative estimate of drug-likeness (QED) is 0.779. The molecular weight excluding hydrogens is 292 g/mol. The third-order valence-corrected chi connectivity index (χ3v) is 3.88. The summed E-state index contributed by atoms with van der Waals surface area (Å²) in [6, 6.07) is 4.05. The molecule has 0 saturated heterocycles. The summed E-state index contributed by atoms with van der Waals surface area (Å²) in [7, 11) is -3.84. The van der Waals surface area contributed by atoms with Gasteiger partial charge in [-0.2, -0.15) is 8.42 Å². The van der Waals surface area contributed by atoms with Crippen molar-refractivity contribution in [1.82, 2.24) is 9.97 Å². The molecule has 0 aliphatic rings. The van der Waals surface area contributed by atoms with Crippen LogP contribution in [-0.4, -0.2) is 24.3 Å². The number of sulfonamides is 1. The molecule has 2 aromatic rings. The number of primary amides is 1. The number of rotatable bonds is 4. The fourth-order valence-corrected chi connectivity index (χ4v) is 2.54. The monoisotopic (exact) mass is 300 g/mol. The van der Waals surface area contributed by atoms with E-state index in [0.29, 0.717) is 0 Å². The average molecular weight is 301 g/mol. The molecule has 0 radical (unpaired) electrons. The number of anilines is 1. The van der Waals surface area contributed by atoms with Crippen molar-refractivity contribution < 1.29 is 13.2 Å². The second-order valence-electron chi connectivity index (χ2n) is 3.58. The zero-order valence-electron chi connectivity index (χ0n) is 9.42. The summed E-state index contributed by atoms with van der Waals surface area (Å²) in [5.74, 6) is -0.682. The Labute approximate surface area is 113 Å². The van der Waals surface area contributed by atoms with E-state index in [1.165, 1.54) is 24.5 Å². The van der Waals surface area contributed by atoms with Gasteiger partial charge in [0.05, 0.1) is 23.2 Å². The molecule has 0 spiro atoms. The van der Waals surface area contributed by atoms with Gasteiger partial charge < -0.3 is 10.7 Å². The molecule has 1 amide bonds. The number of hydrogen-bond acceptors (Lipinski definition) is 4. The first kappa shape index (κ1) is 13.4. The van der Waals surface area contributed by atoms with E-state index in [1.807, 2.05) is 0 Å². The molecule has 0 saturated carbocycles. The summed E-state index contributed by atoms with van der Waals surface area (Å²) in [6.45, 7) is 0. The second kappa shape index (κ2) is 4.90. The number of amides is 1. The maximum Gasteiger partial charge on any atom is 0.279 e. The van der Waals surface area contributed by atoms with E-state index in [0.717, 1.165) is 6.20 Å². The van der Waals surface area contributed by atoms with Crippen LogP contribution in [0.5, 0.6) is 0 Å². The Bertz CT molecular complexity index is 712. The number of hydrogen-bond donors (Lipinski definition) is 3. The first-order chi connectivity index (χ1) is 8.90. The predicted octanol–water partition coefficient (Wildman–Crippen LogP) is 0.963. The number of carbonyl (C=O) groups is 1. The molecule has 9 heteroatoms. The van der Waals surface area contributed by atoms with Crippen LogP contribution >= 0.6 is 11.6 Å². The lowest BCUT2D eigenvalue weighted by molar-refractivity contribution is 0.100. The highest BCUT2D eigenvalue weighted by atomic mass is 35.5. The van der Waals surface area contributed by atoms with Gasteiger partial charge in [0, 0.05) is 5.56 Å². The summed E-state index contributed by atoms with van der Waals surface area (Å²) >= 11 is 5.86. The number of benzene rings is 1. The molecule has 19 heavy (non-hydrogen) atoms. The minimum Gasteiger partial charge on any atom is -0.366 e. The van der Waals surface area contributed by atoms with E-state index in [2.05, 4.69) is 14.7 Å². The van der Waals surface area contributed by atoms with Crippen molar-refractivity contribution in [3.05, 3.63) is 41.3 Å². The molecular formula is C10H9ClN4O3S. The highest BCUT2D eigenvalue weighted by Gasteiger charge is 2.17. The Kier molecular flexibility index (Phi) is 3.45. The number of H-pyrrole nitrogens is 1. The van der Waals surface area contributed by atoms with Gasteiger partial charge in [0.2, 0.25) is 5.91 Å². The molecule has 0 atom stereocenters. The van der Waals surface area contributed by atoms with Gasteiger partial charge in [-0.05, 0) is 18.2 Å². The van der Waals surface area contributed by atoms with E-state index in [9.17, 15) is 13.2 Å². The van der Waals surface area contributed by atoms with Crippen molar-refractivity contribution in [2.75, 3.05) is 4.72 Å². The number of aromatic amines is 1. The standard InChI is InChI=1S/C10H9ClN4O3S/c11-7-2-1-6(10(12)16)3-8(7)15-19(17,18)9-4-13-5-14-9/h1-5,15H,(H2,12,16)(H,13,14). The van der Waals surface area contributed by atoms with Gasteiger partial charge in [0.15, 0.2) is 5.03 Å². The van der Waals surface area contributed by atoms with Crippen LogP contribution < -0.4 is 10.5 Å². The Morgan fingerprint density at radius 3 is 2.74 bits per heavy atom. The zero-order valence-corrected chi connectivity index (χ0v) is 11.0. The molecule has 0 unspecified atom stereocenters. The summed E-state index contributed by atoms with van der Waals surface area (Å²) in [5, 5.41) is 0.0288. The van der Waals surface area contributed by atoms with Gasteiger partial charge >= 0.3 is 0 Å². The number of imidazole rings is 1. The minimum atomic E-state index is -3.84. The van der Waals surface area contributed by atoms with E-state index in [1.54, 1.807) is 0 Å². The van der Waals surface area contributed by atoms with Crippen LogP contribution in [0.2, 0.25) is 5.02 Å². The van der Waals surface area contributed by atoms with Crippen molar-refractivity contribution in [1.29, 1.82) is 0 Å². The third-order valence-electron chi connectivity index (χ3n) is 2.26. The summed E-state index contributed by atoms with van der Waals surface area (Å²) < 4.78 is 26.1. The van der Waals surface area contributed by atoms with Crippen LogP contribution in [0.1, 0.15) is 10.4 Å². The normalized spacial score (nSPS) is 11.2. The lowest BCUT2D eigenvalue weighted by atomic mass is 10.2. The number of nitrogens with one attached hydrogen (secondary N) is 2. The molecule has 1 aromatic carbocycles. The van der Waals surface area contributed by atoms with E-state index in [-0.39, 0.29) is 21.3 Å². The van der Waals surface area contributed by atoms with Crippen LogP contribution in [0.4, 0.5) is 5.69 Å². The Hall–Kier alpha value is -2.06. The number of carbonyl (C=O) groups excluding carboxylic acids is 1. The first-order valence-corrected chi connectivity index (χ1v) is 6.87. The zero-order chi connectivity index (χ0) is 14.0. The third kappa shape index (κ3) is 2.85. The molecule has 4 N–H and O–H groups in total. The topological polar surface area (TPSA) is 118 Å². The number of aromatic nitrogens is 2. The number of halogens is 1. The van der Waals surface area contributed by atoms with Gasteiger partial charge in [0.25, 0.3) is 10.0 Å². The van der Waals surface area contributed by atoms with Crippen molar-refractivity contribution >= 4 is 33.2 Å². The Balaban J connectivity index is 2.39. The van der Waals surface area contributed by atoms with Gasteiger partial charge in [-0.3, -0.25) is 9.52 Å². The van der Waals surface area contributed by atoms with E-state index >= 15 is 0 Å². The molecule has 7 nitrogen and oxygen atoms in total. The Morgan fingerprint density at radius 1 is 1.42 bits per heavy atom. The van der Waals surface area contributed by atoms with Crippen LogP contribution in [0.25, 0.3) is 0 Å². The van der Waals surface area contributed by atoms with Gasteiger partial charge in [0.1, 0.15) is 0 Å². The number of nitrogens with zero attached hydrogens (tertiary/aromatic N) is 1. The average Bonchev–Trinajstić information content (AvgIpc) is 2.85. The van der Waals surface area contributed by atoms with Gasteiger partial charge in [-0.25, -0.2) is 4.98 Å². The molecule has 0 aliphatic carbocycles. The highest BCUT2D eigenvalue weighted by molar-refractivity contribution is 7.92. The summed E-state index contributed by atoms with van der Waals surface area (Å²) in [4.78, 5) is 17.1. The molecule has 2 rings (SSSR count). The fourth-order valence-electron chi connectivity index (χ4n) is 1.35. The largest absolute Gasteiger partial charge is 0.366 e. The molecule has 0 bridgehead atoms. The van der Waals surface area contributed by atoms with E-state index in [4.69, 9.17) is 17.3 Å². The molecule has 0 aliphatic heterocycles. The SMILES string of the molecule is NC(=O)c1ccc(Cl)c(NS(=O)(=O)c2cnc[nH]2)c1. The lowest BCUT2D eigenvalue weighted by Crippen LogP contribution is -2.15. The van der Waals surface area contributed by atoms with Crippen LogP contribution in [0.3, 0.4) is 0 Å². The van der Waals surface area contributed by atoms with Gasteiger partial charge in [-0.15, -0.1) is 0 Å². The predicted molar refractivity (Wildman–Crippen MR) is 69.4 cm³/mol. The summed E-state index contributed by atoms with van der Waals surface area (Å²) in [5.41, 5.74) is 5.32. The summed E-state index contributed by atoms with van der Waals surface area (Å²) in [6.07, 6.45) is 2.38. The molecule has 100 valence electrons. The van der Waals surface area contributed by atoms with Crippen molar-refractivity contribution in [3.8, 4) is 0 Å². The molecule has 1 heterocycles. The van der Waals surface area contributed by atoms with E-state index < -0.39 is 15.9 Å². The van der Waals surface area contributed by atoms with Crippen LogP contribution in [0.15, 0.2) is 35.7 Å². The molecule has 1 aromatic heterocycles. The smallest absolute Gasteiger partial charge is 0.279 e. The van der Waals surface area contributed by atoms with Crippen molar-refractivity contribution in [3.63, 3.8) is 0 Å². The second-order valence-corrected chi connectivity index (χ2v) is 5.64. The van der Waals surface area contributed by atoms with Gasteiger partial charge in [-0.1, -0.05) is 11.6 Å². The van der Waals surface area contributed by atoms with Crippen molar-refractivity contribution in [2.45, 2.75) is 5.03 Å². The highest BCUT2D eigenvalue weighted by Crippen LogP contribution is 2.25. The van der Waals surface area contributed by atoms with Crippen LogP contribution in [0, 0.1) is 0 Å². The van der Waals surface area contributed by atoms with Crippen molar-refractivity contribution in [2.24, 2.45) is 5.73 Å². The maximum atomic E-state index is 11.9. The fraction of sp³-hybridized carbons (Fsp3) is 0. The molecule has 0 fully saturated rings. The Morgan fingerprint density at radius 2 is 2.16 bits per heavy atom. The minimum absolute atomic E-state index is 0.0626. The van der Waals surface area contributed by atoms with Crippen LogP contribution in [-0.2, 0) is 10.0 Å². The number of nitrogens with two attached hydrogens (primary N) is 1. The first-order valence-electron chi connectivity index (χ1n) is 5.01. The maximum absolute atomic E-state index is 11.9. The lowest BCUT2D eigenvalue weighted by Gasteiger charge is -2.09.